The summed E-state index contributed by atoms with van der Waals surface area (Å²) in [5.41, 5.74) is 0.0879. The van der Waals surface area contributed by atoms with Crippen molar-refractivity contribution in [3.05, 3.63) is 68.6 Å². The number of hydrogen-bond donors (Lipinski definition) is 0. The highest BCUT2D eigenvalue weighted by atomic mass is 32.2. The Morgan fingerprint density at radius 1 is 1.15 bits per heavy atom. The summed E-state index contributed by atoms with van der Waals surface area (Å²) < 4.78 is 44.8. The minimum Gasteiger partial charge on any atom is -0.378 e. The van der Waals surface area contributed by atoms with E-state index in [1.807, 2.05) is 4.90 Å². The van der Waals surface area contributed by atoms with Gasteiger partial charge in [-0.1, -0.05) is 30.0 Å². The molecule has 0 radical (unpaired) electrons. The van der Waals surface area contributed by atoms with Gasteiger partial charge < -0.3 is 9.64 Å². The maximum Gasteiger partial charge on any atom is 0.416 e. The van der Waals surface area contributed by atoms with Gasteiger partial charge in [-0.05, 0) is 30.3 Å². The Labute approximate surface area is 195 Å². The van der Waals surface area contributed by atoms with Crippen molar-refractivity contribution in [1.82, 2.24) is 0 Å². The molecule has 0 bridgehead atoms. The minimum absolute atomic E-state index is 0.00294. The molecule has 0 unspecified atom stereocenters. The van der Waals surface area contributed by atoms with Crippen LogP contribution in [0.25, 0.3) is 6.08 Å². The standard InChI is InChI=1S/C21H16F3N3O4S2/c22-21(23,24)14-2-1-3-15(12-14)26-19(28)18(33-20(26)32)11-13-10-16(27(29)30)4-5-17(13)25-6-8-31-9-7-25/h1-5,10-12H,6-9H2/b18-11+. The molecule has 0 atom stereocenters. The van der Waals surface area contributed by atoms with Crippen LogP contribution < -0.4 is 9.80 Å². The second-order valence-corrected chi connectivity index (χ2v) is 8.84. The number of amides is 1. The lowest BCUT2D eigenvalue weighted by atomic mass is 10.1. The lowest BCUT2D eigenvalue weighted by molar-refractivity contribution is -0.384. The molecule has 0 N–H and O–H groups in total. The molecule has 2 aliphatic heterocycles. The van der Waals surface area contributed by atoms with Crippen LogP contribution in [0.2, 0.25) is 0 Å². The van der Waals surface area contributed by atoms with E-state index in [1.54, 1.807) is 6.07 Å². The topological polar surface area (TPSA) is 75.9 Å². The van der Waals surface area contributed by atoms with Gasteiger partial charge in [0.2, 0.25) is 0 Å². The van der Waals surface area contributed by atoms with Gasteiger partial charge in [0.15, 0.2) is 4.32 Å². The summed E-state index contributed by atoms with van der Waals surface area (Å²) in [6.45, 7) is 2.13. The zero-order valence-electron chi connectivity index (χ0n) is 16.9. The average molecular weight is 496 g/mol. The number of anilines is 2. The number of nitro benzene ring substituents is 1. The number of halogens is 3. The van der Waals surface area contributed by atoms with E-state index in [0.717, 1.165) is 28.8 Å². The molecule has 2 aromatic carbocycles. The predicted molar refractivity (Wildman–Crippen MR) is 123 cm³/mol. The molecule has 12 heteroatoms. The Kier molecular flexibility index (Phi) is 6.41. The summed E-state index contributed by atoms with van der Waals surface area (Å²) in [7, 11) is 0. The number of carbonyl (C=O) groups is 1. The second-order valence-electron chi connectivity index (χ2n) is 7.16. The van der Waals surface area contributed by atoms with Gasteiger partial charge >= 0.3 is 6.18 Å². The molecule has 2 aliphatic rings. The second kappa shape index (κ2) is 9.12. The van der Waals surface area contributed by atoms with Gasteiger partial charge in [-0.2, -0.15) is 13.2 Å². The van der Waals surface area contributed by atoms with Gasteiger partial charge in [-0.3, -0.25) is 19.8 Å². The van der Waals surface area contributed by atoms with E-state index in [9.17, 15) is 28.1 Å². The molecule has 7 nitrogen and oxygen atoms in total. The number of nitrogens with zero attached hydrogens (tertiary/aromatic N) is 3. The van der Waals surface area contributed by atoms with Crippen LogP contribution in [0, 0.1) is 10.1 Å². The smallest absolute Gasteiger partial charge is 0.378 e. The number of ether oxygens (including phenoxy) is 1. The number of carbonyl (C=O) groups excluding carboxylic acids is 1. The Morgan fingerprint density at radius 2 is 1.88 bits per heavy atom. The number of alkyl halides is 3. The van der Waals surface area contributed by atoms with Crippen LogP contribution in [0.1, 0.15) is 11.1 Å². The molecule has 4 rings (SSSR count). The van der Waals surface area contributed by atoms with E-state index >= 15 is 0 Å². The van der Waals surface area contributed by atoms with E-state index in [4.69, 9.17) is 17.0 Å². The number of thioether (sulfide) groups is 1. The quantitative estimate of drug-likeness (QED) is 0.260. The van der Waals surface area contributed by atoms with Crippen molar-refractivity contribution in [2.45, 2.75) is 6.18 Å². The monoisotopic (exact) mass is 495 g/mol. The highest BCUT2D eigenvalue weighted by Gasteiger charge is 2.36. The zero-order chi connectivity index (χ0) is 23.8. The van der Waals surface area contributed by atoms with Crippen LogP contribution in [0.15, 0.2) is 47.4 Å². The maximum absolute atomic E-state index is 13.1. The normalized spacial score (nSPS) is 18.3. The molecule has 0 aliphatic carbocycles. The van der Waals surface area contributed by atoms with Crippen molar-refractivity contribution in [1.29, 1.82) is 0 Å². The van der Waals surface area contributed by atoms with Crippen molar-refractivity contribution in [2.75, 3.05) is 36.1 Å². The summed E-state index contributed by atoms with van der Waals surface area (Å²) in [6, 6.07) is 8.71. The number of rotatable bonds is 4. The molecule has 2 fully saturated rings. The molecule has 0 saturated carbocycles. The van der Waals surface area contributed by atoms with Crippen LogP contribution in [0.5, 0.6) is 0 Å². The predicted octanol–water partition coefficient (Wildman–Crippen LogP) is 4.86. The first-order valence-electron chi connectivity index (χ1n) is 9.71. The van der Waals surface area contributed by atoms with Crippen molar-refractivity contribution in [3.63, 3.8) is 0 Å². The highest BCUT2D eigenvalue weighted by Crippen LogP contribution is 2.39. The van der Waals surface area contributed by atoms with Crippen LogP contribution in [-0.4, -0.2) is 41.5 Å². The largest absolute Gasteiger partial charge is 0.416 e. The van der Waals surface area contributed by atoms with Gasteiger partial charge in [0, 0.05) is 36.5 Å². The van der Waals surface area contributed by atoms with Gasteiger partial charge in [-0.25, -0.2) is 0 Å². The number of benzene rings is 2. The van der Waals surface area contributed by atoms with E-state index in [0.29, 0.717) is 37.6 Å². The summed E-state index contributed by atoms with van der Waals surface area (Å²) in [5.74, 6) is -0.594. The van der Waals surface area contributed by atoms with E-state index < -0.39 is 22.6 Å². The third kappa shape index (κ3) is 4.87. The fourth-order valence-corrected chi connectivity index (χ4v) is 4.81. The van der Waals surface area contributed by atoms with Crippen molar-refractivity contribution >= 4 is 57.3 Å². The first kappa shape index (κ1) is 23.2. The number of morpholine rings is 1. The lowest BCUT2D eigenvalue weighted by Crippen LogP contribution is -2.36. The number of hydrogen-bond acceptors (Lipinski definition) is 7. The molecule has 2 saturated heterocycles. The minimum atomic E-state index is -4.57. The molecule has 2 aromatic rings. The number of thiocarbonyl (C=S) groups is 1. The van der Waals surface area contributed by atoms with Gasteiger partial charge in [0.1, 0.15) is 0 Å². The fourth-order valence-electron chi connectivity index (χ4n) is 3.52. The molecular formula is C21H16F3N3O4S2. The van der Waals surface area contributed by atoms with Crippen LogP contribution in [-0.2, 0) is 15.7 Å². The number of non-ortho nitro benzene ring substituents is 1. The summed E-state index contributed by atoms with van der Waals surface area (Å²) in [4.78, 5) is 27.0. The molecule has 0 spiro atoms. The Hall–Kier alpha value is -2.96. The van der Waals surface area contributed by atoms with E-state index in [-0.39, 0.29) is 20.6 Å². The molecule has 1 amide bonds. The first-order valence-corrected chi connectivity index (χ1v) is 10.9. The summed E-state index contributed by atoms with van der Waals surface area (Å²) in [6.07, 6.45) is -3.08. The fraction of sp³-hybridized carbons (Fsp3) is 0.238. The SMILES string of the molecule is O=C1/C(=C\c2cc([N+](=O)[O-])ccc2N2CCOCC2)SC(=S)N1c1cccc(C(F)(F)F)c1. The highest BCUT2D eigenvalue weighted by molar-refractivity contribution is 8.27. The van der Waals surface area contributed by atoms with Gasteiger partial charge in [0.25, 0.3) is 11.6 Å². The summed E-state index contributed by atoms with van der Waals surface area (Å²) >= 11 is 6.19. The maximum atomic E-state index is 13.1. The average Bonchev–Trinajstić information content (AvgIpc) is 3.06. The molecule has 0 aromatic heterocycles. The third-order valence-corrected chi connectivity index (χ3v) is 6.39. The Bertz CT molecular complexity index is 1160. The van der Waals surface area contributed by atoms with Crippen LogP contribution in [0.3, 0.4) is 0 Å². The lowest BCUT2D eigenvalue weighted by Gasteiger charge is -2.30. The molecule has 172 valence electrons. The van der Waals surface area contributed by atoms with Gasteiger partial charge in [0.05, 0.1) is 34.3 Å². The van der Waals surface area contributed by atoms with E-state index in [1.165, 1.54) is 30.3 Å². The third-order valence-electron chi connectivity index (χ3n) is 5.09. The Morgan fingerprint density at radius 3 is 2.55 bits per heavy atom. The van der Waals surface area contributed by atoms with Crippen LogP contribution >= 0.6 is 24.0 Å². The van der Waals surface area contributed by atoms with Crippen LogP contribution in [0.4, 0.5) is 30.2 Å². The van der Waals surface area contributed by atoms with Crippen molar-refractivity contribution in [3.8, 4) is 0 Å². The number of nitro groups is 1. The summed E-state index contributed by atoms with van der Waals surface area (Å²) in [5, 5.41) is 11.3. The zero-order valence-corrected chi connectivity index (χ0v) is 18.5. The molecule has 2 heterocycles. The molecular weight excluding hydrogens is 479 g/mol. The van der Waals surface area contributed by atoms with Crippen molar-refractivity contribution < 1.29 is 27.6 Å². The first-order chi connectivity index (χ1) is 15.6. The van der Waals surface area contributed by atoms with Gasteiger partial charge in [-0.15, -0.1) is 0 Å². The van der Waals surface area contributed by atoms with Crippen molar-refractivity contribution in [2.24, 2.45) is 0 Å². The molecule has 33 heavy (non-hydrogen) atoms. The van der Waals surface area contributed by atoms with E-state index in [2.05, 4.69) is 0 Å². The Balaban J connectivity index is 1.71.